The Morgan fingerprint density at radius 1 is 0.389 bits per heavy atom. The van der Waals surface area contributed by atoms with E-state index in [4.69, 9.17) is 28.4 Å². The number of halogens is 1. The Morgan fingerprint density at radius 3 is 0.993 bits per heavy atom. The number of alkyl halides is 1. The van der Waals surface area contributed by atoms with Crippen LogP contribution in [0.25, 0.3) is 0 Å². The average Bonchev–Trinajstić information content (AvgIpc) is 1.54. The minimum Gasteiger partial charge on any atom is -0.391 e. The van der Waals surface area contributed by atoms with Crippen molar-refractivity contribution < 1.29 is 128 Å². The highest BCUT2D eigenvalue weighted by molar-refractivity contribution is 5.90. The molecule has 9 heterocycles. The largest absolute Gasteiger partial charge is 0.391 e. The molecule has 792 valence electrons. The molecule has 6 bridgehead atoms. The number of β-amino-alcohol motifs (C(OH)–C–C–N with tert-alkyl or cyclic N) is 1. The number of hydrogen-bond acceptors (Lipinski definition) is 28. The fourth-order valence-corrected chi connectivity index (χ4v) is 21.3. The maximum Gasteiger partial charge on any atom is 0.242 e. The van der Waals surface area contributed by atoms with Gasteiger partial charge >= 0.3 is 0 Å². The highest BCUT2D eigenvalue weighted by Gasteiger charge is 2.75. The number of benzene rings is 6. The smallest absolute Gasteiger partial charge is 0.242 e. The summed E-state index contributed by atoms with van der Waals surface area (Å²) in [5.41, 5.74) is 4.15. The molecule has 16 N–H and O–H groups in total. The fraction of sp³-hybridized carbons (Fsp3) is 0.615. The molecular formula is C109H154FN9O25. The number of fused-ring (bicyclic) bond motifs is 6. The van der Waals surface area contributed by atoms with Gasteiger partial charge in [-0.3, -0.25) is 28.8 Å². The summed E-state index contributed by atoms with van der Waals surface area (Å²) in [6, 6.07) is 39.2. The minimum absolute atomic E-state index is 0.0255. The standard InChI is InChI=1S/C37H53N3O8.C36H50FN3O8.C36H51N3O9/c1-24-12-17-28(37-33(44)31(42)32(43)36(48-37,23-47-37)35(2,3)46)22-27(24)21-26-15-13-25(14-16-26)9-8-11-30(41)40-19-7-6-10-29(40)34(45)38-18-20-39(4)5;1-22-9-14-26(36-32(44)30(42)31(43)35(48-36,21-47-36)34(2,3)46)18-25(22)17-24-12-10-23(11-13-24)7-6-8-29(41)40-20-27(37)19-28(40)33(45)38-15-16-39(4)5;1-22-9-14-26(36-32(44)30(42)31(43)35(48-36,21-47-36)34(2,3)46)18-25(22)17-24-12-10-23(11-13-24)7-6-8-29(41)39-20-27(40)19-28(39)33(45)37-15-16-38(4)5/h12-17,22,29,31-33,42-44,46H,6-11,18-21,23H2,1-5H3,(H,38,45);9-14,18,27-28,30-32,42-44,46H,6-8,15-17,19-21H2,1-5H3,(H,38,45);9-14,18,27-28,30-32,40,42-44,46H,6-8,15-17,19-21H2,1-5H3,(H,37,45)/t29-,31-,32-,33+,36-,37-;27-,28?,30+,31+,32-,35+,36+;27-,28-,30-,31-,32+,35-,36-/m010/s1. The zero-order chi connectivity index (χ0) is 105. The molecule has 0 saturated carbocycles. The van der Waals surface area contributed by atoms with Gasteiger partial charge in [0.15, 0.2) is 16.8 Å². The lowest BCUT2D eigenvalue weighted by molar-refractivity contribution is -0.348. The Bertz CT molecular complexity index is 4910. The Hall–Kier alpha value is -8.81. The summed E-state index contributed by atoms with van der Waals surface area (Å²) in [7, 11) is 11.6. The summed E-state index contributed by atoms with van der Waals surface area (Å²) >= 11 is 0. The molecule has 0 aromatic heterocycles. The van der Waals surface area contributed by atoms with E-state index in [0.29, 0.717) is 120 Å². The third-order valence-corrected chi connectivity index (χ3v) is 30.7. The summed E-state index contributed by atoms with van der Waals surface area (Å²) in [6.45, 7) is 18.5. The average molecular weight is 2010 g/mol. The van der Waals surface area contributed by atoms with Gasteiger partial charge < -0.3 is 140 Å². The van der Waals surface area contributed by atoms with Crippen molar-refractivity contribution in [2.24, 2.45) is 0 Å². The molecular weight excluding hydrogens is 1850 g/mol. The first-order valence-electron chi connectivity index (χ1n) is 50.7. The number of nitrogens with one attached hydrogen (secondary N) is 3. The first-order chi connectivity index (χ1) is 67.8. The van der Waals surface area contributed by atoms with Crippen LogP contribution in [-0.4, -0.2) is 371 Å². The summed E-state index contributed by atoms with van der Waals surface area (Å²) in [4.78, 5) is 87.9. The molecule has 0 aliphatic carbocycles. The Morgan fingerprint density at radius 2 is 0.681 bits per heavy atom. The minimum atomic E-state index is -1.77. The number of amides is 6. The van der Waals surface area contributed by atoms with Crippen LogP contribution >= 0.6 is 0 Å². The second-order valence-corrected chi connectivity index (χ2v) is 43.4. The quantitative estimate of drug-likeness (QED) is 0.0268. The lowest BCUT2D eigenvalue weighted by Gasteiger charge is -2.50. The van der Waals surface area contributed by atoms with Crippen molar-refractivity contribution in [3.05, 3.63) is 211 Å². The molecule has 20 atom stereocenters. The van der Waals surface area contributed by atoms with Crippen LogP contribution in [0.4, 0.5) is 4.39 Å². The van der Waals surface area contributed by atoms with Crippen LogP contribution in [0.3, 0.4) is 0 Å². The van der Waals surface area contributed by atoms with E-state index in [1.54, 1.807) is 23.1 Å². The van der Waals surface area contributed by atoms with Crippen LogP contribution in [0.15, 0.2) is 127 Å². The zero-order valence-electron chi connectivity index (χ0n) is 86.0. The number of carbonyl (C=O) groups excluding carboxylic acids is 6. The van der Waals surface area contributed by atoms with Gasteiger partial charge in [0.1, 0.15) is 79.2 Å². The van der Waals surface area contributed by atoms with Gasteiger partial charge in [-0.2, -0.15) is 0 Å². The van der Waals surface area contributed by atoms with E-state index in [2.05, 4.69) is 40.2 Å². The van der Waals surface area contributed by atoms with Crippen molar-refractivity contribution in [1.29, 1.82) is 0 Å². The molecule has 6 amide bonds. The third kappa shape index (κ3) is 24.0. The van der Waals surface area contributed by atoms with Gasteiger partial charge in [0.25, 0.3) is 0 Å². The molecule has 9 saturated heterocycles. The van der Waals surface area contributed by atoms with Crippen LogP contribution in [0.2, 0.25) is 0 Å². The molecule has 34 nitrogen and oxygen atoms in total. The van der Waals surface area contributed by atoms with E-state index in [1.165, 1.54) is 51.3 Å². The highest BCUT2D eigenvalue weighted by Crippen LogP contribution is 2.57. The lowest BCUT2D eigenvalue weighted by Crippen LogP contribution is -2.70. The van der Waals surface area contributed by atoms with Gasteiger partial charge in [-0.05, 0) is 267 Å². The lowest BCUT2D eigenvalue weighted by atomic mass is 9.75. The van der Waals surface area contributed by atoms with Crippen molar-refractivity contribution in [3.63, 3.8) is 0 Å². The SMILES string of the molecule is Cc1ccc([C@]23OC[C@](C(C)(C)O)(O2)[C@@H](O)[C@H](O)[C@H]3O)cc1Cc1ccc(CCCC(=O)N2CCCC[C@H]2C(=O)NCCN(C)C)cc1.Cc1ccc([C@]23OC[C@](C(C)(C)O)(O2)[C@@H](O)[C@H](O)[C@H]3O)cc1Cc1ccc(CCCC(=O)N2C[C@@H](O)C[C@H]2C(=O)NCCN(C)C)cc1.Cc1ccc([C@]23OC[C@](C(C)(C)O)(O2)[C@@H](O)[C@H](O)[C@H]3O)cc1Cc1ccc(CCCC(=O)N2C[C@H](F)CC2C(=O)NCCN(C)C)cc1. The van der Waals surface area contributed by atoms with E-state index in [-0.39, 0.29) is 100 Å². The molecule has 9 fully saturated rings. The van der Waals surface area contributed by atoms with Crippen molar-refractivity contribution in [1.82, 2.24) is 45.3 Å². The monoisotopic (exact) mass is 2010 g/mol. The number of piperidine rings is 1. The van der Waals surface area contributed by atoms with Gasteiger partial charge in [0.05, 0.1) is 49.3 Å². The number of aliphatic hydroxyl groups excluding tert-OH is 10. The van der Waals surface area contributed by atoms with E-state index in [1.807, 2.05) is 163 Å². The Labute approximate surface area is 844 Å². The first-order valence-corrected chi connectivity index (χ1v) is 50.7. The predicted octanol–water partition coefficient (Wildman–Crippen LogP) is 3.46. The Kier molecular flexibility index (Phi) is 36.0. The summed E-state index contributed by atoms with van der Waals surface area (Å²) in [6.07, 6.45) is -6.67. The molecule has 6 aromatic rings. The summed E-state index contributed by atoms with van der Waals surface area (Å²) < 4.78 is 50.9. The normalized spacial score (nSPS) is 29.8. The maximum atomic E-state index is 14.2. The van der Waals surface area contributed by atoms with Crippen molar-refractivity contribution in [2.45, 2.75) is 308 Å². The number of hydrogen-bond donors (Lipinski definition) is 16. The zero-order valence-corrected chi connectivity index (χ0v) is 86.0. The maximum absolute atomic E-state index is 14.2. The van der Waals surface area contributed by atoms with Crippen LogP contribution in [0, 0.1) is 20.8 Å². The van der Waals surface area contributed by atoms with E-state index < -0.39 is 130 Å². The van der Waals surface area contributed by atoms with Crippen LogP contribution in [0.1, 0.15) is 196 Å². The predicted molar refractivity (Wildman–Crippen MR) is 533 cm³/mol. The number of aliphatic hydroxyl groups is 13. The molecule has 15 rings (SSSR count). The molecule has 35 heteroatoms. The van der Waals surface area contributed by atoms with Crippen LogP contribution in [0.5, 0.6) is 0 Å². The van der Waals surface area contributed by atoms with Gasteiger partial charge in [0.2, 0.25) is 52.8 Å². The molecule has 0 radical (unpaired) electrons. The van der Waals surface area contributed by atoms with E-state index in [9.17, 15) is 99.5 Å². The van der Waals surface area contributed by atoms with Crippen molar-refractivity contribution in [2.75, 3.05) is 121 Å². The molecule has 9 aliphatic heterocycles. The van der Waals surface area contributed by atoms with Crippen molar-refractivity contribution >= 4 is 35.4 Å². The van der Waals surface area contributed by atoms with Crippen LogP contribution < -0.4 is 16.0 Å². The molecule has 9 aliphatic rings. The van der Waals surface area contributed by atoms with Gasteiger partial charge in [-0.15, -0.1) is 0 Å². The highest BCUT2D eigenvalue weighted by atomic mass is 19.1. The van der Waals surface area contributed by atoms with Gasteiger partial charge in [-0.1, -0.05) is 109 Å². The molecule has 144 heavy (non-hydrogen) atoms. The summed E-state index contributed by atoms with van der Waals surface area (Å²) in [5, 5.41) is 149. The number of aryl methyl sites for hydroxylation is 6. The summed E-state index contributed by atoms with van der Waals surface area (Å²) in [5.74, 6) is -6.17. The second-order valence-electron chi connectivity index (χ2n) is 43.4. The molecule has 0 spiro atoms. The number of nitrogens with zero attached hydrogens (tertiary/aromatic N) is 6. The number of ether oxygens (including phenoxy) is 6. The molecule has 6 aromatic carbocycles. The van der Waals surface area contributed by atoms with Crippen LogP contribution in [-0.2, 0) is 113 Å². The van der Waals surface area contributed by atoms with Gasteiger partial charge in [0, 0.05) is 101 Å². The Balaban J connectivity index is 0.000000181. The van der Waals surface area contributed by atoms with Gasteiger partial charge in [-0.25, -0.2) is 4.39 Å². The number of rotatable bonds is 36. The topological polar surface area (TPSA) is 476 Å². The number of likely N-dealkylation sites (tertiary alicyclic amines) is 3. The first kappa shape index (κ1) is 112. The third-order valence-electron chi connectivity index (χ3n) is 30.7. The fourth-order valence-electron chi connectivity index (χ4n) is 21.3. The van der Waals surface area contributed by atoms with Crippen molar-refractivity contribution in [3.8, 4) is 0 Å². The van der Waals surface area contributed by atoms with E-state index in [0.717, 1.165) is 92.6 Å². The van der Waals surface area contributed by atoms with E-state index >= 15 is 0 Å². The molecule has 1 unspecified atom stereocenters. The number of likely N-dealkylation sites (N-methyl/N-ethyl adjacent to an activating group) is 3. The second kappa shape index (κ2) is 46.1. The number of carbonyl (C=O) groups is 6.